The minimum absolute atomic E-state index is 0.332. The number of rotatable bonds is 3. The van der Waals surface area contributed by atoms with E-state index >= 15 is 0 Å². The highest BCUT2D eigenvalue weighted by molar-refractivity contribution is 5.82. The van der Waals surface area contributed by atoms with Gasteiger partial charge in [-0.15, -0.1) is 0 Å². The van der Waals surface area contributed by atoms with Crippen LogP contribution in [0.2, 0.25) is 0 Å². The van der Waals surface area contributed by atoms with Crippen molar-refractivity contribution in [1.82, 2.24) is 14.7 Å². The van der Waals surface area contributed by atoms with Gasteiger partial charge in [0.05, 0.1) is 0 Å². The van der Waals surface area contributed by atoms with E-state index in [4.69, 9.17) is 0 Å². The predicted octanol–water partition coefficient (Wildman–Crippen LogP) is 3.25. The molecule has 0 aromatic carbocycles. The Bertz CT molecular complexity index is 661. The number of hydrogen-bond acceptors (Lipinski definition) is 3. The lowest BCUT2D eigenvalue weighted by atomic mass is 9.49. The normalized spacial score (nSPS) is 37.2. The molecule has 0 radical (unpaired) electrons. The summed E-state index contributed by atoms with van der Waals surface area (Å²) in [6, 6.07) is 0. The number of carbonyl (C=O) groups is 1. The van der Waals surface area contributed by atoms with Gasteiger partial charge in [0.2, 0.25) is 5.91 Å². The number of likely N-dealkylation sites (tertiary alicyclic amines) is 1. The Morgan fingerprint density at radius 3 is 2.61 bits per heavy atom. The Hall–Kier alpha value is -0.870. The average molecular weight is 386 g/mol. The first-order valence-corrected chi connectivity index (χ1v) is 11.8. The van der Waals surface area contributed by atoms with E-state index in [1.54, 1.807) is 5.57 Å². The minimum Gasteiger partial charge on any atom is -0.341 e. The maximum atomic E-state index is 13.1. The van der Waals surface area contributed by atoms with Crippen LogP contribution in [-0.2, 0) is 4.79 Å². The molecule has 28 heavy (non-hydrogen) atoms. The maximum Gasteiger partial charge on any atom is 0.226 e. The van der Waals surface area contributed by atoms with Crippen LogP contribution in [0, 0.1) is 28.6 Å². The molecule has 156 valence electrons. The third-order valence-corrected chi connectivity index (χ3v) is 9.36. The Morgan fingerprint density at radius 2 is 1.89 bits per heavy atom. The van der Waals surface area contributed by atoms with Crippen molar-refractivity contribution in [2.45, 2.75) is 52.4 Å². The predicted molar refractivity (Wildman–Crippen MR) is 113 cm³/mol. The van der Waals surface area contributed by atoms with E-state index < -0.39 is 0 Å². The SMILES string of the molecule is CN1CCCN(C(=O)C2CC23CCN(CC2=CC[C@H]4C[C@@H]2C4(C)C)CC3)CC1. The van der Waals surface area contributed by atoms with Crippen molar-refractivity contribution in [2.75, 3.05) is 52.9 Å². The van der Waals surface area contributed by atoms with Crippen LogP contribution in [0.5, 0.6) is 0 Å². The van der Waals surface area contributed by atoms with E-state index in [9.17, 15) is 4.79 Å². The smallest absolute Gasteiger partial charge is 0.226 e. The molecule has 2 bridgehead atoms. The fourth-order valence-electron chi connectivity index (χ4n) is 6.81. The number of hydrogen-bond donors (Lipinski definition) is 0. The van der Waals surface area contributed by atoms with Gasteiger partial charge in [-0.2, -0.15) is 0 Å². The molecule has 6 aliphatic rings. The van der Waals surface area contributed by atoms with E-state index in [0.717, 1.165) is 50.9 Å². The summed E-state index contributed by atoms with van der Waals surface area (Å²) in [6.07, 6.45) is 10.1. The topological polar surface area (TPSA) is 26.8 Å². The summed E-state index contributed by atoms with van der Waals surface area (Å²) in [7, 11) is 2.18. The molecule has 3 atom stereocenters. The largest absolute Gasteiger partial charge is 0.341 e. The molecule has 2 aliphatic heterocycles. The summed E-state index contributed by atoms with van der Waals surface area (Å²) in [4.78, 5) is 20.3. The van der Waals surface area contributed by atoms with Gasteiger partial charge in [-0.25, -0.2) is 0 Å². The molecule has 0 aromatic rings. The van der Waals surface area contributed by atoms with Crippen LogP contribution in [0.3, 0.4) is 0 Å². The van der Waals surface area contributed by atoms with E-state index in [1.165, 1.54) is 45.3 Å². The van der Waals surface area contributed by atoms with Gasteiger partial charge < -0.3 is 9.80 Å². The number of likely N-dealkylation sites (N-methyl/N-ethyl adjacent to an activating group) is 1. The lowest BCUT2D eigenvalue weighted by Crippen LogP contribution is -2.50. The third-order valence-electron chi connectivity index (χ3n) is 9.36. The van der Waals surface area contributed by atoms with Crippen LogP contribution >= 0.6 is 0 Å². The van der Waals surface area contributed by atoms with Crippen LogP contribution in [-0.4, -0.2) is 73.5 Å². The Morgan fingerprint density at radius 1 is 1.11 bits per heavy atom. The highest BCUT2D eigenvalue weighted by Crippen LogP contribution is 2.61. The number of amides is 1. The van der Waals surface area contributed by atoms with Gasteiger partial charge in [0, 0.05) is 32.1 Å². The average Bonchev–Trinajstić information content (AvgIpc) is 3.43. The number of nitrogens with zero attached hydrogens (tertiary/aromatic N) is 3. The zero-order valence-corrected chi connectivity index (χ0v) is 18.3. The zero-order chi connectivity index (χ0) is 19.5. The lowest BCUT2D eigenvalue weighted by molar-refractivity contribution is -0.133. The van der Waals surface area contributed by atoms with Gasteiger partial charge in [0.25, 0.3) is 0 Å². The molecule has 1 spiro atoms. The molecular formula is C24H39N3O. The third kappa shape index (κ3) is 3.15. The van der Waals surface area contributed by atoms with Gasteiger partial charge in [-0.05, 0) is 87.9 Å². The molecule has 1 amide bonds. The van der Waals surface area contributed by atoms with Crippen molar-refractivity contribution in [3.63, 3.8) is 0 Å². The summed E-state index contributed by atoms with van der Waals surface area (Å²) < 4.78 is 0. The molecule has 0 aromatic heterocycles. The fraction of sp³-hybridized carbons (Fsp3) is 0.875. The minimum atomic E-state index is 0.332. The monoisotopic (exact) mass is 385 g/mol. The molecule has 6 rings (SSSR count). The first-order valence-electron chi connectivity index (χ1n) is 11.8. The second kappa shape index (κ2) is 6.84. The molecule has 1 unspecified atom stereocenters. The highest BCUT2D eigenvalue weighted by atomic mass is 16.2. The second-order valence-electron chi connectivity index (χ2n) is 11.2. The van der Waals surface area contributed by atoms with Crippen molar-refractivity contribution >= 4 is 5.91 Å². The molecule has 4 fully saturated rings. The summed E-state index contributed by atoms with van der Waals surface area (Å²) in [5, 5.41) is 0. The number of carbonyl (C=O) groups excluding carboxylic acids is 1. The van der Waals surface area contributed by atoms with Crippen LogP contribution in [0.4, 0.5) is 0 Å². The first kappa shape index (κ1) is 19.1. The van der Waals surface area contributed by atoms with Gasteiger partial charge in [-0.3, -0.25) is 9.69 Å². The van der Waals surface area contributed by atoms with Crippen LogP contribution in [0.1, 0.15) is 52.4 Å². The highest BCUT2D eigenvalue weighted by Gasteiger charge is 2.59. The molecule has 4 aliphatic carbocycles. The van der Waals surface area contributed by atoms with Crippen LogP contribution in [0.15, 0.2) is 11.6 Å². The number of piperidine rings is 1. The van der Waals surface area contributed by atoms with E-state index in [-0.39, 0.29) is 0 Å². The molecular weight excluding hydrogens is 346 g/mol. The molecule has 2 heterocycles. The van der Waals surface area contributed by atoms with E-state index in [2.05, 4.69) is 41.7 Å². The molecule has 2 saturated heterocycles. The summed E-state index contributed by atoms with van der Waals surface area (Å²) in [5.74, 6) is 2.57. The van der Waals surface area contributed by atoms with E-state index in [1.807, 2.05) is 0 Å². The maximum absolute atomic E-state index is 13.1. The lowest BCUT2D eigenvalue weighted by Gasteiger charge is -2.57. The van der Waals surface area contributed by atoms with Crippen molar-refractivity contribution in [2.24, 2.45) is 28.6 Å². The first-order chi connectivity index (χ1) is 13.4. The van der Waals surface area contributed by atoms with Crippen LogP contribution < -0.4 is 0 Å². The molecule has 4 heteroatoms. The Labute approximate surface area is 171 Å². The standard InChI is InChI=1S/C24H39N3O/c1-23(2)19-6-5-18(20(23)15-19)17-26-11-7-24(8-12-26)16-21(24)22(28)27-10-4-9-25(3)13-14-27/h5,19-21H,4,6-17H2,1-3H3/t19-,20-,21?/m0/s1. The van der Waals surface area contributed by atoms with Crippen molar-refractivity contribution in [3.8, 4) is 0 Å². The van der Waals surface area contributed by atoms with Crippen molar-refractivity contribution in [3.05, 3.63) is 11.6 Å². The van der Waals surface area contributed by atoms with Gasteiger partial charge in [-0.1, -0.05) is 25.5 Å². The summed E-state index contributed by atoms with van der Waals surface area (Å²) in [5.41, 5.74) is 2.62. The number of allylic oxidation sites excluding steroid dienone is 1. The number of fused-ring (bicyclic) bond motifs is 1. The van der Waals surface area contributed by atoms with Crippen LogP contribution in [0.25, 0.3) is 0 Å². The summed E-state index contributed by atoms with van der Waals surface area (Å²) in [6.45, 7) is 12.6. The molecule has 0 N–H and O–H groups in total. The van der Waals surface area contributed by atoms with Crippen molar-refractivity contribution in [1.29, 1.82) is 0 Å². The van der Waals surface area contributed by atoms with Crippen molar-refractivity contribution < 1.29 is 4.79 Å². The second-order valence-corrected chi connectivity index (χ2v) is 11.2. The molecule has 2 saturated carbocycles. The Balaban J connectivity index is 1.13. The summed E-state index contributed by atoms with van der Waals surface area (Å²) >= 11 is 0. The van der Waals surface area contributed by atoms with E-state index in [0.29, 0.717) is 22.7 Å². The quantitative estimate of drug-likeness (QED) is 0.698. The van der Waals surface area contributed by atoms with Gasteiger partial charge >= 0.3 is 0 Å². The van der Waals surface area contributed by atoms with Gasteiger partial charge in [0.15, 0.2) is 0 Å². The van der Waals surface area contributed by atoms with Gasteiger partial charge in [0.1, 0.15) is 0 Å². The molecule has 4 nitrogen and oxygen atoms in total. The fourth-order valence-corrected chi connectivity index (χ4v) is 6.81. The zero-order valence-electron chi connectivity index (χ0n) is 18.3. The Kier molecular flexibility index (Phi) is 4.67.